The molecule has 276 valence electrons. The van der Waals surface area contributed by atoms with Gasteiger partial charge in [-0.3, -0.25) is 9.79 Å². The zero-order valence-electron chi connectivity index (χ0n) is 32.6. The van der Waals surface area contributed by atoms with Crippen molar-refractivity contribution in [2.24, 2.45) is 22.7 Å². The largest absolute Gasteiger partial charge is 0.435 e. The van der Waals surface area contributed by atoms with Crippen molar-refractivity contribution in [3.63, 3.8) is 0 Å². The number of aldehydes is 1. The highest BCUT2D eigenvalue weighted by Crippen LogP contribution is 2.21. The normalized spacial score (nSPS) is 19.8. The van der Waals surface area contributed by atoms with E-state index in [9.17, 15) is 9.59 Å². The monoisotopic (exact) mass is 661 g/mol. The number of unbranched alkanes of at least 4 members (excludes halogenated alkanes) is 1. The van der Waals surface area contributed by atoms with Crippen molar-refractivity contribution >= 4 is 18.0 Å². The predicted molar refractivity (Wildman–Crippen MR) is 195 cm³/mol. The minimum Gasteiger partial charge on any atom is -0.435 e. The molecule has 46 heavy (non-hydrogen) atoms. The number of carbonyl (C=O) groups is 2. The second-order valence-corrected chi connectivity index (χ2v) is 12.8. The van der Waals surface area contributed by atoms with E-state index in [2.05, 4.69) is 84.1 Å². The molecule has 1 saturated heterocycles. The molecule has 0 saturated carbocycles. The highest BCUT2D eigenvalue weighted by Gasteiger charge is 2.25. The van der Waals surface area contributed by atoms with E-state index < -0.39 is 18.2 Å². The maximum Gasteiger partial charge on any atom is 0.318 e. The molecule has 5 atom stereocenters. The third-order valence-electron chi connectivity index (χ3n) is 7.28. The van der Waals surface area contributed by atoms with Gasteiger partial charge in [0.15, 0.2) is 6.29 Å². The van der Waals surface area contributed by atoms with Gasteiger partial charge in [-0.25, -0.2) is 0 Å². The molecule has 0 spiro atoms. The Morgan fingerprint density at radius 2 is 1.59 bits per heavy atom. The highest BCUT2D eigenvalue weighted by atomic mass is 16.6. The van der Waals surface area contributed by atoms with Gasteiger partial charge in [0.25, 0.3) is 0 Å². The van der Waals surface area contributed by atoms with Crippen LogP contribution in [-0.2, 0) is 23.8 Å². The Hall–Kier alpha value is -1.65. The van der Waals surface area contributed by atoms with Gasteiger partial charge in [-0.1, -0.05) is 60.5 Å². The molecule has 0 amide bonds. The molecular weight excluding hydrogens is 584 g/mol. The van der Waals surface area contributed by atoms with Crippen LogP contribution in [0.5, 0.6) is 0 Å². The lowest BCUT2D eigenvalue weighted by Gasteiger charge is -2.35. The Kier molecular flexibility index (Phi) is 38.6. The number of aliphatic hydroxyl groups excluding tert-OH is 2. The van der Waals surface area contributed by atoms with Gasteiger partial charge in [0.1, 0.15) is 12.2 Å². The third kappa shape index (κ3) is 35.2. The number of hydrogen-bond donors (Lipinski definition) is 2. The summed E-state index contributed by atoms with van der Waals surface area (Å²) in [4.78, 5) is 27.2. The quantitative estimate of drug-likeness (QED) is 0.0491. The molecule has 1 heterocycles. The van der Waals surface area contributed by atoms with Crippen LogP contribution in [0.4, 0.5) is 0 Å². The van der Waals surface area contributed by atoms with Crippen molar-refractivity contribution in [1.82, 2.24) is 4.90 Å². The van der Waals surface area contributed by atoms with Crippen LogP contribution in [0, 0.1) is 17.8 Å². The molecule has 1 rings (SSSR count). The zero-order chi connectivity index (χ0) is 36.7. The molecule has 0 aliphatic carbocycles. The molecule has 1 fully saturated rings. The summed E-state index contributed by atoms with van der Waals surface area (Å²) in [6.07, 6.45) is 11.2. The molecule has 2 N–H and O–H groups in total. The molecule has 9 nitrogen and oxygen atoms in total. The van der Waals surface area contributed by atoms with Crippen LogP contribution in [0.25, 0.3) is 0 Å². The third-order valence-corrected chi connectivity index (χ3v) is 7.28. The van der Waals surface area contributed by atoms with Gasteiger partial charge in [0, 0.05) is 32.3 Å². The summed E-state index contributed by atoms with van der Waals surface area (Å²) >= 11 is 0. The number of aliphatic hydroxyl groups is 2. The van der Waals surface area contributed by atoms with Crippen LogP contribution in [0.1, 0.15) is 128 Å². The lowest BCUT2D eigenvalue weighted by Crippen LogP contribution is -2.40. The van der Waals surface area contributed by atoms with E-state index in [0.29, 0.717) is 37.6 Å². The number of ether oxygens (including phenoxy) is 3. The SMILES string of the molecule is C/C=C(/CO)COC.CC1CC(N(C)C)CC(C)O1.CCC(O)OC(=O)C(C)C=O.CCCC.CN=C(C)CCC(C)CC(C)C. The lowest BCUT2D eigenvalue weighted by molar-refractivity contribution is -0.172. The van der Waals surface area contributed by atoms with Crippen molar-refractivity contribution in [3.05, 3.63) is 11.6 Å². The van der Waals surface area contributed by atoms with E-state index in [1.54, 1.807) is 14.0 Å². The van der Waals surface area contributed by atoms with Gasteiger partial charge < -0.3 is 34.1 Å². The van der Waals surface area contributed by atoms with Crippen LogP contribution < -0.4 is 0 Å². The second-order valence-electron chi connectivity index (χ2n) is 12.8. The number of methoxy groups -OCH3 is 1. The Bertz CT molecular complexity index is 744. The summed E-state index contributed by atoms with van der Waals surface area (Å²) in [5.41, 5.74) is 2.21. The summed E-state index contributed by atoms with van der Waals surface area (Å²) < 4.78 is 14.8. The number of aliphatic imine (C=N–C) groups is 1. The standard InChI is InChI=1S/C11H23N.C9H19NO.C7H12O4.C6H12O2.C4H10/c1-9(2)8-10(3)6-7-11(4)12-5;1-7-5-9(10(3)4)6-8(2)11-7;1-3-6(9)11-7(10)5(2)4-8;1-3-6(4-7)5-8-2;1-3-4-2/h9-10H,6-8H2,1-5H3;7-9H,5-6H2,1-4H3;4-6,9H,3H2,1-2H3;3,7H,4-5H2,1-2H3;3-4H2,1-2H3/b;;;6-3-;. The number of rotatable bonds is 14. The fourth-order valence-corrected chi connectivity index (χ4v) is 4.07. The predicted octanol–water partition coefficient (Wildman–Crippen LogP) is 7.51. The summed E-state index contributed by atoms with van der Waals surface area (Å²) in [5.74, 6) is 0.200. The zero-order valence-corrected chi connectivity index (χ0v) is 32.6. The van der Waals surface area contributed by atoms with E-state index in [1.807, 2.05) is 20.0 Å². The van der Waals surface area contributed by atoms with Crippen molar-refractivity contribution < 1.29 is 34.0 Å². The molecule has 0 aromatic rings. The number of hydrogen-bond acceptors (Lipinski definition) is 9. The minimum atomic E-state index is -1.09. The van der Waals surface area contributed by atoms with Crippen LogP contribution >= 0.6 is 0 Å². The average Bonchev–Trinajstić information content (AvgIpc) is 3.02. The first-order chi connectivity index (χ1) is 21.5. The summed E-state index contributed by atoms with van der Waals surface area (Å²) in [6, 6.07) is 0.716. The number of allylic oxidation sites excluding steroid dienone is 1. The Balaban J connectivity index is -0.000000248. The molecule has 0 aromatic heterocycles. The van der Waals surface area contributed by atoms with Gasteiger partial charge in [-0.2, -0.15) is 0 Å². The summed E-state index contributed by atoms with van der Waals surface area (Å²) in [7, 11) is 7.78. The van der Waals surface area contributed by atoms with Crippen LogP contribution in [-0.4, -0.2) is 99.1 Å². The summed E-state index contributed by atoms with van der Waals surface area (Å²) in [5, 5.41) is 17.3. The molecular formula is C37H76N2O7. The number of nitrogens with zero attached hydrogens (tertiary/aromatic N) is 2. The maximum atomic E-state index is 10.7. The minimum absolute atomic E-state index is 0.102. The first-order valence-electron chi connectivity index (χ1n) is 17.3. The maximum absolute atomic E-state index is 10.7. The van der Waals surface area contributed by atoms with Crippen molar-refractivity contribution in [2.45, 2.75) is 152 Å². The first-order valence-corrected chi connectivity index (χ1v) is 17.3. The van der Waals surface area contributed by atoms with Gasteiger partial charge >= 0.3 is 5.97 Å². The van der Waals surface area contributed by atoms with Crippen LogP contribution in [0.2, 0.25) is 0 Å². The van der Waals surface area contributed by atoms with E-state index in [1.165, 1.54) is 57.6 Å². The van der Waals surface area contributed by atoms with Gasteiger partial charge in [-0.15, -0.1) is 0 Å². The molecule has 9 heteroatoms. The Morgan fingerprint density at radius 3 is 1.89 bits per heavy atom. The van der Waals surface area contributed by atoms with E-state index >= 15 is 0 Å². The highest BCUT2D eigenvalue weighted by molar-refractivity contribution is 5.87. The summed E-state index contributed by atoms with van der Waals surface area (Å²) in [6.45, 7) is 23.3. The first kappa shape index (κ1) is 51.2. The van der Waals surface area contributed by atoms with Gasteiger partial charge in [-0.05, 0) is 98.2 Å². The lowest BCUT2D eigenvalue weighted by atomic mass is 9.94. The molecule has 0 aromatic carbocycles. The molecule has 1 aliphatic rings. The Labute approximate surface area is 284 Å². The van der Waals surface area contributed by atoms with E-state index in [-0.39, 0.29) is 6.61 Å². The fraction of sp³-hybridized carbons (Fsp3) is 0.865. The number of carbonyl (C=O) groups excluding carboxylic acids is 2. The second kappa shape index (κ2) is 34.7. The van der Waals surface area contributed by atoms with E-state index in [0.717, 1.165) is 17.4 Å². The van der Waals surface area contributed by atoms with Crippen molar-refractivity contribution in [2.75, 3.05) is 41.5 Å². The average molecular weight is 661 g/mol. The van der Waals surface area contributed by atoms with Crippen molar-refractivity contribution in [1.29, 1.82) is 0 Å². The van der Waals surface area contributed by atoms with E-state index in [4.69, 9.17) is 19.7 Å². The van der Waals surface area contributed by atoms with Crippen molar-refractivity contribution in [3.8, 4) is 0 Å². The van der Waals surface area contributed by atoms with Gasteiger partial charge in [0.05, 0.1) is 25.4 Å². The van der Waals surface area contributed by atoms with Crippen LogP contribution in [0.15, 0.2) is 16.6 Å². The molecule has 1 aliphatic heterocycles. The number of esters is 1. The molecule has 5 unspecified atom stereocenters. The molecule has 0 bridgehead atoms. The Morgan fingerprint density at radius 1 is 1.07 bits per heavy atom. The fourth-order valence-electron chi connectivity index (χ4n) is 4.07. The smallest absolute Gasteiger partial charge is 0.318 e. The van der Waals surface area contributed by atoms with Crippen LogP contribution in [0.3, 0.4) is 0 Å². The van der Waals surface area contributed by atoms with Gasteiger partial charge in [0.2, 0.25) is 0 Å². The molecule has 0 radical (unpaired) electrons. The topological polar surface area (TPSA) is 118 Å².